The maximum Gasteiger partial charge on any atom is 0.326 e. The summed E-state index contributed by atoms with van der Waals surface area (Å²) >= 11 is 0. The number of aliphatic imine (C=N–C) groups is 4. The zero-order valence-electron chi connectivity index (χ0n) is 61.1. The molecule has 1 heterocycles. The second-order valence-corrected chi connectivity index (χ2v) is 29.3. The van der Waals surface area contributed by atoms with Crippen molar-refractivity contribution < 1.29 is 62.6 Å². The Morgan fingerprint density at radius 2 is 0.824 bits per heavy atom. The molecule has 30 N–H and O–H groups in total. The normalized spacial score (nSPS) is 22.8. The number of nitrogens with zero attached hydrogens (tertiary/aromatic N) is 4. The third kappa shape index (κ3) is 34.8. The van der Waals surface area contributed by atoms with E-state index >= 15 is 4.79 Å². The van der Waals surface area contributed by atoms with Gasteiger partial charge in [0.15, 0.2) is 23.8 Å². The third-order valence-corrected chi connectivity index (χ3v) is 18.9. The Labute approximate surface area is 605 Å². The Morgan fingerprint density at radius 3 is 1.24 bits per heavy atom. The molecule has 11 amide bonds. The number of carboxylic acids is 1. The molecule has 14 atom stereocenters. The van der Waals surface area contributed by atoms with Crippen LogP contribution in [0.5, 0.6) is 0 Å². The van der Waals surface area contributed by atoms with E-state index in [4.69, 9.17) is 51.6 Å². The second-order valence-electron chi connectivity index (χ2n) is 26.7. The molecule has 37 nitrogen and oxygen atoms in total. The summed E-state index contributed by atoms with van der Waals surface area (Å²) in [7, 11) is 1.76. The molecule has 0 saturated carbocycles. The van der Waals surface area contributed by atoms with E-state index in [-0.39, 0.29) is 113 Å². The number of hydrogen-bond acceptors (Lipinski definition) is 19. The summed E-state index contributed by atoms with van der Waals surface area (Å²) in [5.41, 5.74) is 50.6. The minimum absolute atomic E-state index is 0.00318. The predicted octanol–water partition coefficient (Wildman–Crippen LogP) is -4.55. The van der Waals surface area contributed by atoms with Crippen LogP contribution in [0.25, 0.3) is 0 Å². The van der Waals surface area contributed by atoms with Gasteiger partial charge in [-0.05, 0) is 93.3 Å². The van der Waals surface area contributed by atoms with Crippen LogP contribution in [-0.4, -0.2) is 210 Å². The van der Waals surface area contributed by atoms with Gasteiger partial charge < -0.3 is 115 Å². The highest BCUT2D eigenvalue weighted by molar-refractivity contribution is 8.76. The topological polar surface area (TPSA) is 641 Å². The van der Waals surface area contributed by atoms with Gasteiger partial charge in [0.2, 0.25) is 65.0 Å². The van der Waals surface area contributed by atoms with Gasteiger partial charge in [0.05, 0.1) is 6.04 Å². The van der Waals surface area contributed by atoms with Gasteiger partial charge >= 0.3 is 5.97 Å². The van der Waals surface area contributed by atoms with Gasteiger partial charge in [-0.2, -0.15) is 0 Å². The van der Waals surface area contributed by atoms with Gasteiger partial charge in [0.1, 0.15) is 66.5 Å². The molecule has 0 aromatic rings. The van der Waals surface area contributed by atoms with Gasteiger partial charge in [-0.25, -0.2) is 4.79 Å². The summed E-state index contributed by atoms with van der Waals surface area (Å²) < 4.78 is 0. The van der Waals surface area contributed by atoms with Crippen LogP contribution in [0, 0.1) is 35.5 Å². The molecule has 0 radical (unpaired) electrons. The van der Waals surface area contributed by atoms with E-state index in [1.54, 1.807) is 83.1 Å². The standard InChI is InChI=1S/C63H118N24O13S2/c1-13-34(11)46-57(97)78-38(21-17-25-75-62(69)70)49(89)83-43(31(5)6)54(94)82-42(53(93)79-39(59(99)100)22-18-26-76-63(71)72)29-102-101-28-41(81-51(91)40(27-30(3)4)80-48(88)36(64)19-15-23-73-60(65)66)52(92)77-37(20-16-24-74-61(67)68)50(90)86-47(35(12)14-2)58(98)85-44(32(7)8)55(95)84-45(33(9)10)56(96)87-46/h30-47H,13-29,64H2,1-12H3,(H,77,92)(H,78,97)(H,79,93)(H,80,88)(H,81,91)(H,82,94)(H,83,89)(H,84,95)(H,85,98)(H,86,90)(H,87,96)(H,99,100)(H4,65,66,73)(H4,67,68,74)(H4,69,70,75)(H4,71,72,76)/t34-,35-,36-,37-,38-,39-,40-,41?,42-,43-,44-,45-,46?,47-/m0/s1. The molecule has 1 rings (SSSR count). The maximum absolute atomic E-state index is 15.1. The van der Waals surface area contributed by atoms with Crippen LogP contribution in [0.3, 0.4) is 0 Å². The number of amides is 11. The molecule has 1 fully saturated rings. The molecule has 0 spiro atoms. The molecule has 2 unspecified atom stereocenters. The number of carbonyl (C=O) groups is 12. The molecule has 102 heavy (non-hydrogen) atoms. The van der Waals surface area contributed by atoms with Crippen LogP contribution in [0.4, 0.5) is 0 Å². The number of hydrogen-bond donors (Lipinski definition) is 21. The molecule has 0 aromatic heterocycles. The number of nitrogens with two attached hydrogens (primary N) is 9. The Balaban J connectivity index is 4.50. The highest BCUT2D eigenvalue weighted by Crippen LogP contribution is 2.25. The fourth-order valence-electron chi connectivity index (χ4n) is 10.1. The zero-order chi connectivity index (χ0) is 77.7. The monoisotopic (exact) mass is 1480 g/mol. The average molecular weight is 1480 g/mol. The Hall–Kier alpha value is -8.62. The van der Waals surface area contributed by atoms with Crippen LogP contribution < -0.4 is 110 Å². The highest BCUT2D eigenvalue weighted by atomic mass is 33.1. The van der Waals surface area contributed by atoms with Crippen LogP contribution in [0.1, 0.15) is 154 Å². The fourth-order valence-corrected chi connectivity index (χ4v) is 12.4. The van der Waals surface area contributed by atoms with Gasteiger partial charge in [-0.15, -0.1) is 0 Å². The van der Waals surface area contributed by atoms with Crippen molar-refractivity contribution in [2.45, 2.75) is 226 Å². The molecule has 0 aromatic carbocycles. The van der Waals surface area contributed by atoms with Crippen molar-refractivity contribution in [1.29, 1.82) is 0 Å². The van der Waals surface area contributed by atoms with Gasteiger partial charge in [-0.3, -0.25) is 72.7 Å². The van der Waals surface area contributed by atoms with Crippen molar-refractivity contribution in [2.75, 3.05) is 37.7 Å². The van der Waals surface area contributed by atoms with E-state index in [2.05, 4.69) is 78.5 Å². The zero-order valence-corrected chi connectivity index (χ0v) is 62.7. The van der Waals surface area contributed by atoms with Crippen molar-refractivity contribution in [2.24, 2.45) is 107 Å². The Bertz CT molecular complexity index is 2890. The lowest BCUT2D eigenvalue weighted by atomic mass is 9.94. The number of aliphatic carboxylic acids is 1. The summed E-state index contributed by atoms with van der Waals surface area (Å²) in [4.78, 5) is 189. The lowest BCUT2D eigenvalue weighted by Gasteiger charge is -2.32. The molecule has 1 aliphatic heterocycles. The molecular weight excluding hydrogens is 1360 g/mol. The molecule has 0 aliphatic carbocycles. The summed E-state index contributed by atoms with van der Waals surface area (Å²) in [5.74, 6) is -16.2. The number of carbonyl (C=O) groups excluding carboxylic acids is 11. The van der Waals surface area contributed by atoms with E-state index in [1.807, 2.05) is 0 Å². The summed E-state index contributed by atoms with van der Waals surface area (Å²) in [5, 5.41) is 40.0. The van der Waals surface area contributed by atoms with Crippen molar-refractivity contribution in [3.05, 3.63) is 0 Å². The first kappa shape index (κ1) is 91.4. The van der Waals surface area contributed by atoms with Crippen LogP contribution in [0.2, 0.25) is 0 Å². The number of carboxylic acid groups (broad SMARTS) is 1. The van der Waals surface area contributed by atoms with Gasteiger partial charge in [0.25, 0.3) is 0 Å². The molecule has 580 valence electrons. The molecular formula is C63H118N24O13S2. The fraction of sp³-hybridized carbons (Fsp3) is 0.746. The Morgan fingerprint density at radius 1 is 0.461 bits per heavy atom. The molecule has 39 heteroatoms. The SMILES string of the molecule is CC[C@H](C)C1NC(=O)[C@H](C(C)C)NC(=O)[C@H](C(C)C)NC(=O)[C@H]([C@@H](C)CC)NC(=O)[C@H](CCCN=C(N)N)NC(=O)C(NC(=O)[C@H](CC(C)C)NC(=O)[C@@H](N)CCCN=C(N)N)CSSC[C@@H](C(=O)N[C@@H](CCCN=C(N)N)C(=O)O)NC(=O)[C@H](C(C)C)NC(=O)[C@H](CCCN=C(N)N)NC1=O. The summed E-state index contributed by atoms with van der Waals surface area (Å²) in [6.07, 6.45) is 0.828. The average Bonchev–Trinajstić information content (AvgIpc) is 0.851. The second kappa shape index (κ2) is 47.5. The van der Waals surface area contributed by atoms with Crippen LogP contribution in [0.15, 0.2) is 20.0 Å². The maximum atomic E-state index is 15.1. The minimum atomic E-state index is -1.63. The van der Waals surface area contributed by atoms with Gasteiger partial charge in [-0.1, -0.05) is 118 Å². The van der Waals surface area contributed by atoms with Crippen LogP contribution >= 0.6 is 21.6 Å². The first-order valence-electron chi connectivity index (χ1n) is 34.5. The molecule has 0 bridgehead atoms. The quantitative estimate of drug-likeness (QED) is 0.0131. The molecule has 1 saturated heterocycles. The Kier molecular flexibility index (Phi) is 42.6. The lowest BCUT2D eigenvalue weighted by molar-refractivity contribution is -0.142. The van der Waals surface area contributed by atoms with E-state index in [0.29, 0.717) is 19.3 Å². The van der Waals surface area contributed by atoms with Crippen molar-refractivity contribution in [3.63, 3.8) is 0 Å². The van der Waals surface area contributed by atoms with E-state index in [9.17, 15) is 57.8 Å². The number of nitrogens with one attached hydrogen (secondary N) is 11. The van der Waals surface area contributed by atoms with Crippen molar-refractivity contribution >= 4 is 116 Å². The largest absolute Gasteiger partial charge is 0.480 e. The highest BCUT2D eigenvalue weighted by Gasteiger charge is 2.40. The van der Waals surface area contributed by atoms with E-state index in [0.717, 1.165) is 21.6 Å². The first-order valence-corrected chi connectivity index (χ1v) is 37.0. The van der Waals surface area contributed by atoms with E-state index in [1.165, 1.54) is 0 Å². The minimum Gasteiger partial charge on any atom is -0.480 e. The van der Waals surface area contributed by atoms with Gasteiger partial charge in [0, 0.05) is 37.7 Å². The summed E-state index contributed by atoms with van der Waals surface area (Å²) in [6.45, 7) is 20.3. The number of guanidine groups is 4. The first-order chi connectivity index (χ1) is 47.8. The number of rotatable bonds is 32. The smallest absolute Gasteiger partial charge is 0.326 e. The van der Waals surface area contributed by atoms with E-state index < -0.39 is 179 Å². The predicted molar refractivity (Wildman–Crippen MR) is 394 cm³/mol. The van der Waals surface area contributed by atoms with Crippen molar-refractivity contribution in [1.82, 2.24) is 58.5 Å². The van der Waals surface area contributed by atoms with Crippen LogP contribution in [-0.2, 0) is 57.5 Å². The lowest BCUT2D eigenvalue weighted by Crippen LogP contribution is -2.63. The summed E-state index contributed by atoms with van der Waals surface area (Å²) in [6, 6.07) is -17.0. The molecule has 1 aliphatic rings. The van der Waals surface area contributed by atoms with Crippen molar-refractivity contribution in [3.8, 4) is 0 Å². The third-order valence-electron chi connectivity index (χ3n) is 16.5.